The van der Waals surface area contributed by atoms with Gasteiger partial charge in [0.25, 0.3) is 15.5 Å². The molecule has 0 aliphatic carbocycles. The first-order valence-corrected chi connectivity index (χ1v) is 19.1. The van der Waals surface area contributed by atoms with Gasteiger partial charge in [0.15, 0.2) is 0 Å². The van der Waals surface area contributed by atoms with Crippen molar-refractivity contribution in [3.63, 3.8) is 0 Å². The van der Waals surface area contributed by atoms with Crippen LogP contribution in [0.25, 0.3) is 21.5 Å². The number of esters is 2. The van der Waals surface area contributed by atoms with Crippen LogP contribution in [0.1, 0.15) is 55.4 Å². The maximum Gasteiger partial charge on any atom is 2.00 e. The number of benzene rings is 4. The zero-order chi connectivity index (χ0) is 37.3. The molecule has 0 bridgehead atoms. The number of carbonyl (C=O) groups is 2. The molecular formula is C36H46CaN2O10P2. The predicted molar refractivity (Wildman–Crippen MR) is 196 cm³/mol. The molecule has 0 amide bonds. The minimum Gasteiger partial charge on any atom is -0.756 e. The van der Waals surface area contributed by atoms with E-state index in [4.69, 9.17) is 18.5 Å². The van der Waals surface area contributed by atoms with E-state index in [1.54, 1.807) is 48.5 Å². The fraction of sp³-hybridized carbons (Fsp3) is 0.389. The molecule has 12 nitrogen and oxygen atoms in total. The average Bonchev–Trinajstić information content (AvgIpc) is 3.01. The smallest absolute Gasteiger partial charge is 0.756 e. The van der Waals surface area contributed by atoms with Crippen molar-refractivity contribution in [3.05, 3.63) is 84.9 Å². The summed E-state index contributed by atoms with van der Waals surface area (Å²) in [6.07, 6.45) is 0. The summed E-state index contributed by atoms with van der Waals surface area (Å²) in [4.78, 5) is 48.4. The number of nitrogens with one attached hydrogen (secondary N) is 2. The fourth-order valence-corrected chi connectivity index (χ4v) is 6.37. The van der Waals surface area contributed by atoms with Gasteiger partial charge in [-0.25, -0.2) is 10.2 Å². The Kier molecular flexibility index (Phi) is 16.6. The molecule has 2 N–H and O–H groups in total. The SMILES string of the molecule is C[C@H](NP(=O)([O-])Oc1cccc2ccccc12)C(=O)OCC(C)(C)C.C[C@H](NP(=O)([O-])Oc1cccc2ccccc12)C(=O)OCC(C)(C)C.[Ca+2]. The van der Waals surface area contributed by atoms with Gasteiger partial charge in [-0.15, -0.1) is 0 Å². The van der Waals surface area contributed by atoms with Gasteiger partial charge in [-0.05, 0) is 47.6 Å². The van der Waals surface area contributed by atoms with E-state index in [-0.39, 0.29) is 73.3 Å². The molecule has 0 aliphatic heterocycles. The molecule has 4 aromatic carbocycles. The van der Waals surface area contributed by atoms with Crippen LogP contribution in [0.2, 0.25) is 0 Å². The third-order valence-corrected chi connectivity index (χ3v) is 8.92. The molecule has 0 saturated carbocycles. The third kappa shape index (κ3) is 15.6. The Hall–Kier alpha value is -2.50. The van der Waals surface area contributed by atoms with Crippen LogP contribution < -0.4 is 29.0 Å². The second-order valence-corrected chi connectivity index (χ2v) is 17.0. The minimum atomic E-state index is -4.49. The Morgan fingerprint density at radius 1 is 0.608 bits per heavy atom. The molecule has 4 rings (SSSR count). The second-order valence-electron chi connectivity index (χ2n) is 14.2. The van der Waals surface area contributed by atoms with E-state index >= 15 is 0 Å². The molecule has 0 aliphatic rings. The van der Waals surface area contributed by atoms with Crippen molar-refractivity contribution in [1.82, 2.24) is 10.2 Å². The van der Waals surface area contributed by atoms with Crippen molar-refractivity contribution in [2.24, 2.45) is 10.8 Å². The number of hydrogen-bond donors (Lipinski definition) is 2. The first-order valence-electron chi connectivity index (χ1n) is 16.0. The zero-order valence-corrected chi connectivity index (χ0v) is 34.3. The van der Waals surface area contributed by atoms with Gasteiger partial charge in [0, 0.05) is 10.8 Å². The van der Waals surface area contributed by atoms with E-state index in [1.165, 1.54) is 13.8 Å². The Morgan fingerprint density at radius 3 is 1.25 bits per heavy atom. The van der Waals surface area contributed by atoms with Crippen molar-refractivity contribution < 1.29 is 47.0 Å². The largest absolute Gasteiger partial charge is 2.00 e. The van der Waals surface area contributed by atoms with Crippen LogP contribution in [0.3, 0.4) is 0 Å². The number of ether oxygens (including phenoxy) is 2. The molecule has 272 valence electrons. The van der Waals surface area contributed by atoms with Gasteiger partial charge < -0.3 is 28.3 Å². The van der Waals surface area contributed by atoms with E-state index in [2.05, 4.69) is 10.2 Å². The van der Waals surface area contributed by atoms with E-state index in [0.717, 1.165) is 10.8 Å². The third-order valence-electron chi connectivity index (χ3n) is 6.64. The van der Waals surface area contributed by atoms with Gasteiger partial charge in [0.2, 0.25) is 0 Å². The quantitative estimate of drug-likeness (QED) is 0.0960. The van der Waals surface area contributed by atoms with Crippen LogP contribution in [-0.2, 0) is 28.2 Å². The summed E-state index contributed by atoms with van der Waals surface area (Å²) >= 11 is 0. The summed E-state index contributed by atoms with van der Waals surface area (Å²) in [6.45, 7) is 14.7. The number of fused-ring (bicyclic) bond motifs is 2. The van der Waals surface area contributed by atoms with Gasteiger partial charge in [-0.2, -0.15) is 0 Å². The fourth-order valence-electron chi connectivity index (χ4n) is 4.27. The molecule has 0 heterocycles. The summed E-state index contributed by atoms with van der Waals surface area (Å²) in [5.41, 5.74) is -0.397. The van der Waals surface area contributed by atoms with Gasteiger partial charge >= 0.3 is 49.7 Å². The van der Waals surface area contributed by atoms with Crippen LogP contribution in [0.5, 0.6) is 11.5 Å². The van der Waals surface area contributed by atoms with Crippen LogP contribution >= 0.6 is 15.5 Å². The van der Waals surface area contributed by atoms with Crippen molar-refractivity contribution in [1.29, 1.82) is 0 Å². The summed E-state index contributed by atoms with van der Waals surface area (Å²) < 4.78 is 45.1. The molecule has 2 unspecified atom stereocenters. The molecule has 0 spiro atoms. The minimum absolute atomic E-state index is 0. The second kappa shape index (κ2) is 19.0. The molecule has 0 saturated heterocycles. The van der Waals surface area contributed by atoms with Crippen LogP contribution in [0.15, 0.2) is 84.9 Å². The molecule has 4 atom stereocenters. The summed E-state index contributed by atoms with van der Waals surface area (Å²) in [6, 6.07) is 22.7. The van der Waals surface area contributed by atoms with Crippen molar-refractivity contribution in [2.75, 3.05) is 13.2 Å². The normalized spacial score (nSPS) is 15.1. The standard InChI is InChI=1S/2C18H24NO5P.Ca/c2*1-13(17(20)23-12-18(2,3)4)19-25(21,22)24-16-11-7-9-14-8-5-6-10-15(14)16;/h2*5-11,13H,12H2,1-4H3,(H2,19,21,22);/q;;+2/p-2/t2*13-;/m00./s1. The van der Waals surface area contributed by atoms with Gasteiger partial charge in [-0.3, -0.25) is 18.7 Å². The molecular weight excluding hydrogens is 722 g/mol. The van der Waals surface area contributed by atoms with Gasteiger partial charge in [-0.1, -0.05) is 114 Å². The molecule has 4 aromatic rings. The molecule has 0 radical (unpaired) electrons. The Balaban J connectivity index is 0.000000347. The Bertz CT molecular complexity index is 1730. The van der Waals surface area contributed by atoms with E-state index in [1.807, 2.05) is 77.9 Å². The van der Waals surface area contributed by atoms with Crippen molar-refractivity contribution in [3.8, 4) is 11.5 Å². The first kappa shape index (κ1) is 44.7. The van der Waals surface area contributed by atoms with Crippen molar-refractivity contribution >= 4 is 86.7 Å². The molecule has 51 heavy (non-hydrogen) atoms. The topological polar surface area (TPSA) is 175 Å². The van der Waals surface area contributed by atoms with Crippen LogP contribution in [0.4, 0.5) is 0 Å². The Morgan fingerprint density at radius 2 is 0.922 bits per heavy atom. The number of rotatable bonds is 12. The van der Waals surface area contributed by atoms with Gasteiger partial charge in [0.1, 0.15) is 23.6 Å². The van der Waals surface area contributed by atoms with E-state index in [0.29, 0.717) is 10.8 Å². The maximum atomic E-state index is 12.2. The number of carbonyl (C=O) groups excluding carboxylic acids is 2. The predicted octanol–water partition coefficient (Wildman–Crippen LogP) is 6.13. The first-order chi connectivity index (χ1) is 23.1. The average molecular weight is 769 g/mol. The maximum absolute atomic E-state index is 12.2. The monoisotopic (exact) mass is 768 g/mol. The Labute approximate surface area is 329 Å². The molecule has 15 heteroatoms. The summed E-state index contributed by atoms with van der Waals surface area (Å²) in [7, 11) is -8.99. The van der Waals surface area contributed by atoms with E-state index in [9.17, 15) is 28.5 Å². The van der Waals surface area contributed by atoms with E-state index < -0.39 is 39.5 Å². The van der Waals surface area contributed by atoms with Crippen molar-refractivity contribution in [2.45, 2.75) is 67.5 Å². The summed E-state index contributed by atoms with van der Waals surface area (Å²) in [5, 5.41) is 7.48. The zero-order valence-electron chi connectivity index (χ0n) is 30.3. The van der Waals surface area contributed by atoms with Crippen LogP contribution in [-0.4, -0.2) is 75.0 Å². The number of hydrogen-bond acceptors (Lipinski definition) is 10. The molecule has 0 fully saturated rings. The van der Waals surface area contributed by atoms with Crippen LogP contribution in [0, 0.1) is 10.8 Å². The summed E-state index contributed by atoms with van der Waals surface area (Å²) in [5.74, 6) is -0.876. The molecule has 0 aromatic heterocycles. The van der Waals surface area contributed by atoms with Gasteiger partial charge in [0.05, 0.1) is 13.2 Å².